The van der Waals surface area contributed by atoms with Gasteiger partial charge >= 0.3 is 12.1 Å². The number of nitrogens with two attached hydrogens (primary N) is 1. The first-order valence-electron chi connectivity index (χ1n) is 12.3. The summed E-state index contributed by atoms with van der Waals surface area (Å²) < 4.78 is 100. The first-order valence-corrected chi connectivity index (χ1v) is 14.7. The standard InChI is InChI=1S/C25H26F5NO5S2.C2H2/c26-19-8-9-20(27)23-22(19)24(37(34)16-5-3-15(4-6-16)25(28,29)30)11-1-2-14(18(24)13-36-23)12-17(38(31)35)7-10-21(32)33;1-2/h3-6,8-9,14,17-18H,1-2,7,10-13,31H2,(H,32,33);1-2H/t14-,17+,18?,24-,37?,38?;/m0./s1. The third-order valence-electron chi connectivity index (χ3n) is 7.48. The molecule has 1 aliphatic heterocycles. The molecule has 0 radical (unpaired) electrons. The second-order valence-electron chi connectivity index (χ2n) is 9.60. The predicted molar refractivity (Wildman–Crippen MR) is 140 cm³/mol. The number of alkyl halides is 3. The van der Waals surface area contributed by atoms with Crippen molar-refractivity contribution in [3.8, 4) is 18.6 Å². The van der Waals surface area contributed by atoms with E-state index in [1.54, 1.807) is 0 Å². The Morgan fingerprint density at radius 1 is 1.12 bits per heavy atom. The Bertz CT molecular complexity index is 1300. The van der Waals surface area contributed by atoms with E-state index in [9.17, 15) is 30.8 Å². The average molecular weight is 606 g/mol. The van der Waals surface area contributed by atoms with Crippen molar-refractivity contribution < 1.29 is 45.0 Å². The molecule has 1 fully saturated rings. The fourth-order valence-electron chi connectivity index (χ4n) is 5.75. The number of fused-ring (bicyclic) bond motifs is 3. The van der Waals surface area contributed by atoms with Crippen LogP contribution in [0.15, 0.2) is 41.3 Å². The molecule has 6 atom stereocenters. The Balaban J connectivity index is 0.00000216. The number of carbonyl (C=O) groups is 1. The van der Waals surface area contributed by atoms with Crippen molar-refractivity contribution in [2.45, 2.75) is 59.6 Å². The zero-order valence-corrected chi connectivity index (χ0v) is 22.8. The molecule has 0 amide bonds. The Kier molecular flexibility index (Phi) is 10.1. The lowest BCUT2D eigenvalue weighted by molar-refractivity contribution is -0.138. The van der Waals surface area contributed by atoms with E-state index >= 15 is 4.39 Å². The molecular weight excluding hydrogens is 577 g/mol. The normalized spacial score (nSPS) is 24.2. The van der Waals surface area contributed by atoms with Gasteiger partial charge in [0.1, 0.15) is 5.82 Å². The van der Waals surface area contributed by atoms with E-state index in [4.69, 9.17) is 15.0 Å². The molecule has 3 N–H and O–H groups in total. The zero-order chi connectivity index (χ0) is 29.8. The summed E-state index contributed by atoms with van der Waals surface area (Å²) in [4.78, 5) is 11.1. The van der Waals surface area contributed by atoms with Crippen LogP contribution in [0.25, 0.3) is 0 Å². The highest BCUT2D eigenvalue weighted by Gasteiger charge is 2.57. The smallest absolute Gasteiger partial charge is 0.416 e. The van der Waals surface area contributed by atoms with Crippen molar-refractivity contribution in [3.05, 3.63) is 59.2 Å². The van der Waals surface area contributed by atoms with Crippen molar-refractivity contribution in [2.24, 2.45) is 17.0 Å². The van der Waals surface area contributed by atoms with Gasteiger partial charge in [0.2, 0.25) is 0 Å². The largest absolute Gasteiger partial charge is 0.490 e. The Morgan fingerprint density at radius 3 is 2.33 bits per heavy atom. The van der Waals surface area contributed by atoms with Crippen molar-refractivity contribution in [1.29, 1.82) is 0 Å². The van der Waals surface area contributed by atoms with Gasteiger partial charge in [0.25, 0.3) is 0 Å². The number of halogens is 5. The van der Waals surface area contributed by atoms with E-state index in [2.05, 4.69) is 12.8 Å². The van der Waals surface area contributed by atoms with E-state index in [1.807, 2.05) is 0 Å². The fraction of sp³-hybridized carbons (Fsp3) is 0.444. The summed E-state index contributed by atoms with van der Waals surface area (Å²) >= 11 is 0. The van der Waals surface area contributed by atoms with Crippen LogP contribution in [0.2, 0.25) is 0 Å². The highest BCUT2D eigenvalue weighted by atomic mass is 32.2. The van der Waals surface area contributed by atoms with Gasteiger partial charge in [0, 0.05) is 22.5 Å². The third-order valence-corrected chi connectivity index (χ3v) is 10.6. The van der Waals surface area contributed by atoms with Crippen LogP contribution in [-0.2, 0) is 37.5 Å². The van der Waals surface area contributed by atoms with Crippen LogP contribution in [0.1, 0.15) is 49.7 Å². The van der Waals surface area contributed by atoms with Crippen LogP contribution in [0.5, 0.6) is 5.75 Å². The van der Waals surface area contributed by atoms with Gasteiger partial charge < -0.3 is 9.84 Å². The summed E-state index contributed by atoms with van der Waals surface area (Å²) in [7, 11) is -4.01. The molecule has 3 unspecified atom stereocenters. The van der Waals surface area contributed by atoms with E-state index < -0.39 is 73.0 Å². The van der Waals surface area contributed by atoms with Gasteiger partial charge in [0.05, 0.1) is 44.3 Å². The Morgan fingerprint density at radius 2 is 1.75 bits per heavy atom. The molecule has 4 rings (SSSR count). The maximum atomic E-state index is 15.4. The number of aliphatic carboxylic acids is 1. The second kappa shape index (κ2) is 12.8. The molecule has 13 heteroatoms. The predicted octanol–water partition coefficient (Wildman–Crippen LogP) is 5.29. The molecule has 218 valence electrons. The molecule has 0 saturated heterocycles. The molecule has 1 saturated carbocycles. The highest BCUT2D eigenvalue weighted by molar-refractivity contribution is 7.86. The number of hydrogen-bond acceptors (Lipinski definition) is 4. The van der Waals surface area contributed by atoms with Crippen molar-refractivity contribution >= 4 is 27.8 Å². The first kappa shape index (κ1) is 31.7. The summed E-state index contributed by atoms with van der Waals surface area (Å²) in [6.07, 6.45) is 4.38. The van der Waals surface area contributed by atoms with Crippen LogP contribution in [0.3, 0.4) is 0 Å². The number of carboxylic acids is 1. The number of terminal acetylenes is 1. The van der Waals surface area contributed by atoms with Crippen molar-refractivity contribution in [1.82, 2.24) is 0 Å². The molecule has 2 aromatic rings. The minimum Gasteiger partial charge on any atom is -0.490 e. The van der Waals surface area contributed by atoms with Crippen LogP contribution in [-0.4, -0.2) is 31.4 Å². The number of hydrogen-bond donors (Lipinski definition) is 2. The number of benzene rings is 2. The SMILES string of the molecule is C#C.NS(=O)[C@H](CCC(=O)O)C[C@@H]1CCC[C@@]2(S(=O)c3ccc(C(F)(F)F)cc3)c3c(F)ccc(F)c3OCC12. The quantitative estimate of drug-likeness (QED) is 0.314. The lowest BCUT2D eigenvalue weighted by Gasteiger charge is -2.51. The molecule has 0 aromatic heterocycles. The molecule has 6 nitrogen and oxygen atoms in total. The van der Waals surface area contributed by atoms with Gasteiger partial charge in [-0.1, -0.05) is 6.42 Å². The molecule has 1 aliphatic carbocycles. The number of carboxylic acid groups (broad SMARTS) is 1. The molecule has 2 aliphatic rings. The minimum absolute atomic E-state index is 0.0185. The molecule has 0 spiro atoms. The van der Waals surface area contributed by atoms with Gasteiger partial charge in [0.15, 0.2) is 11.6 Å². The molecular formula is C27H28F5NO5S2. The summed E-state index contributed by atoms with van der Waals surface area (Å²) in [5.41, 5.74) is -1.17. The van der Waals surface area contributed by atoms with Crippen molar-refractivity contribution in [2.75, 3.05) is 6.61 Å². The summed E-state index contributed by atoms with van der Waals surface area (Å²) in [6.45, 7) is -0.159. The fourth-order valence-corrected chi connectivity index (χ4v) is 8.58. The van der Waals surface area contributed by atoms with Gasteiger partial charge in [-0.2, -0.15) is 13.2 Å². The summed E-state index contributed by atoms with van der Waals surface area (Å²) in [6, 6.07) is 5.53. The van der Waals surface area contributed by atoms with Gasteiger partial charge in [-0.3, -0.25) is 14.1 Å². The molecule has 2 aromatic carbocycles. The minimum atomic E-state index is -4.61. The van der Waals surface area contributed by atoms with E-state index in [0.717, 1.165) is 36.4 Å². The first-order chi connectivity index (χ1) is 18.9. The zero-order valence-electron chi connectivity index (χ0n) is 21.2. The molecule has 1 heterocycles. The average Bonchev–Trinajstić information content (AvgIpc) is 2.92. The van der Waals surface area contributed by atoms with Crippen LogP contribution in [0, 0.1) is 36.3 Å². The summed E-state index contributed by atoms with van der Waals surface area (Å²) in [5, 5.41) is 14.0. The Labute approximate surface area is 233 Å². The highest BCUT2D eigenvalue weighted by Crippen LogP contribution is 2.57. The lowest BCUT2D eigenvalue weighted by Crippen LogP contribution is -2.52. The van der Waals surface area contributed by atoms with Crippen molar-refractivity contribution in [3.63, 3.8) is 0 Å². The third kappa shape index (κ3) is 6.24. The number of rotatable bonds is 8. The maximum Gasteiger partial charge on any atom is 0.416 e. The van der Waals surface area contributed by atoms with E-state index in [1.165, 1.54) is 0 Å². The monoisotopic (exact) mass is 605 g/mol. The van der Waals surface area contributed by atoms with Crippen LogP contribution >= 0.6 is 0 Å². The maximum absolute atomic E-state index is 15.4. The lowest BCUT2D eigenvalue weighted by atomic mass is 9.66. The Hall–Kier alpha value is -2.82. The van der Waals surface area contributed by atoms with Gasteiger partial charge in [-0.05, 0) is 68.0 Å². The topological polar surface area (TPSA) is 107 Å². The molecule has 40 heavy (non-hydrogen) atoms. The van der Waals surface area contributed by atoms with Gasteiger partial charge in [-0.15, -0.1) is 12.8 Å². The van der Waals surface area contributed by atoms with Gasteiger partial charge in [-0.25, -0.2) is 13.0 Å². The molecule has 0 bridgehead atoms. The number of ether oxygens (including phenoxy) is 1. The van der Waals surface area contributed by atoms with E-state index in [-0.39, 0.29) is 48.5 Å². The van der Waals surface area contributed by atoms with E-state index in [0.29, 0.717) is 12.8 Å². The summed E-state index contributed by atoms with van der Waals surface area (Å²) in [5.74, 6) is -4.27. The van der Waals surface area contributed by atoms with Crippen LogP contribution < -0.4 is 9.88 Å². The second-order valence-corrected chi connectivity index (χ2v) is 12.7. The van der Waals surface area contributed by atoms with Crippen LogP contribution in [0.4, 0.5) is 22.0 Å².